The molecule has 1 saturated carbocycles. The lowest BCUT2D eigenvalue weighted by Crippen LogP contribution is -2.30. The average molecular weight is 414 g/mol. The largest absolute Gasteiger partial charge is 0.345 e. The molecule has 1 amide bonds. The zero-order valence-corrected chi connectivity index (χ0v) is 16.9. The Balaban J connectivity index is 1.40. The molecule has 2 heterocycles. The molecule has 31 heavy (non-hydrogen) atoms. The Morgan fingerprint density at radius 1 is 0.968 bits per heavy atom. The fourth-order valence-electron chi connectivity index (χ4n) is 4.11. The predicted molar refractivity (Wildman–Crippen MR) is 116 cm³/mol. The van der Waals surface area contributed by atoms with Crippen molar-refractivity contribution in [3.05, 3.63) is 82.5 Å². The van der Waals surface area contributed by atoms with Gasteiger partial charge in [-0.15, -0.1) is 5.10 Å². The van der Waals surface area contributed by atoms with Gasteiger partial charge < -0.3 is 5.32 Å². The standard InChI is InChI=1S/C23H22N6O2/c30-22(21-15-25-29(27-21)17-10-2-1-3-11-17)24-14-20-18-12-6-7-13-19(18)23(31)28(26-20)16-8-4-5-9-16/h1-3,6-7,10-13,15-16H,4-5,8-9,14H2,(H,24,30). The topological polar surface area (TPSA) is 94.7 Å². The van der Waals surface area contributed by atoms with Crippen LogP contribution in [0.3, 0.4) is 0 Å². The summed E-state index contributed by atoms with van der Waals surface area (Å²) in [4.78, 5) is 27.1. The van der Waals surface area contributed by atoms with Crippen LogP contribution in [0.15, 0.2) is 65.6 Å². The summed E-state index contributed by atoms with van der Waals surface area (Å²) in [7, 11) is 0. The normalized spacial score (nSPS) is 14.2. The zero-order valence-electron chi connectivity index (χ0n) is 16.9. The predicted octanol–water partition coefficient (Wildman–Crippen LogP) is 3.02. The molecule has 1 aliphatic rings. The quantitative estimate of drug-likeness (QED) is 0.542. The number of rotatable bonds is 5. The van der Waals surface area contributed by atoms with E-state index in [0.717, 1.165) is 36.8 Å². The number of hydrogen-bond donors (Lipinski definition) is 1. The number of amides is 1. The first-order valence-corrected chi connectivity index (χ1v) is 10.5. The van der Waals surface area contributed by atoms with Crippen LogP contribution in [0.4, 0.5) is 0 Å². The summed E-state index contributed by atoms with van der Waals surface area (Å²) in [5, 5.41) is 17.4. The van der Waals surface area contributed by atoms with Crippen LogP contribution in [0.1, 0.15) is 47.9 Å². The number of nitrogens with zero attached hydrogens (tertiary/aromatic N) is 5. The van der Waals surface area contributed by atoms with Crippen molar-refractivity contribution in [2.45, 2.75) is 38.3 Å². The van der Waals surface area contributed by atoms with Crippen LogP contribution in [0, 0.1) is 0 Å². The van der Waals surface area contributed by atoms with E-state index in [2.05, 4.69) is 20.6 Å². The summed E-state index contributed by atoms with van der Waals surface area (Å²) >= 11 is 0. The molecule has 1 N–H and O–H groups in total. The summed E-state index contributed by atoms with van der Waals surface area (Å²) in [5.74, 6) is -0.341. The Bertz CT molecular complexity index is 1290. The lowest BCUT2D eigenvalue weighted by molar-refractivity contribution is 0.0945. The fourth-order valence-corrected chi connectivity index (χ4v) is 4.11. The molecule has 0 atom stereocenters. The van der Waals surface area contributed by atoms with Crippen LogP contribution in [0.25, 0.3) is 16.5 Å². The monoisotopic (exact) mass is 414 g/mol. The summed E-state index contributed by atoms with van der Waals surface area (Å²) in [6.45, 7) is 0.199. The van der Waals surface area contributed by atoms with Crippen molar-refractivity contribution in [3.63, 3.8) is 0 Å². The SMILES string of the molecule is O=C(NCc1nn(C2CCCC2)c(=O)c2ccccc12)c1cnn(-c2ccccc2)n1. The Hall–Kier alpha value is -3.81. The molecule has 2 aromatic heterocycles. The molecule has 0 spiro atoms. The van der Waals surface area contributed by atoms with Gasteiger partial charge >= 0.3 is 0 Å². The minimum atomic E-state index is -0.341. The first kappa shape index (κ1) is 19.2. The van der Waals surface area contributed by atoms with Crippen molar-refractivity contribution in [1.82, 2.24) is 30.1 Å². The van der Waals surface area contributed by atoms with Gasteiger partial charge in [-0.25, -0.2) is 4.68 Å². The molecule has 1 aliphatic carbocycles. The lowest BCUT2D eigenvalue weighted by atomic mass is 10.1. The highest BCUT2D eigenvalue weighted by Crippen LogP contribution is 2.28. The van der Waals surface area contributed by atoms with Crippen molar-refractivity contribution in [2.24, 2.45) is 0 Å². The molecule has 156 valence electrons. The molecule has 0 bridgehead atoms. The smallest absolute Gasteiger partial charge is 0.274 e. The number of benzene rings is 2. The van der Waals surface area contributed by atoms with Gasteiger partial charge in [-0.05, 0) is 31.0 Å². The summed E-state index contributed by atoms with van der Waals surface area (Å²) in [6.07, 6.45) is 5.57. The Morgan fingerprint density at radius 3 is 2.45 bits per heavy atom. The second-order valence-corrected chi connectivity index (χ2v) is 7.72. The highest BCUT2D eigenvalue weighted by atomic mass is 16.2. The van der Waals surface area contributed by atoms with E-state index < -0.39 is 0 Å². The van der Waals surface area contributed by atoms with E-state index >= 15 is 0 Å². The van der Waals surface area contributed by atoms with Crippen LogP contribution in [-0.4, -0.2) is 30.7 Å². The number of aromatic nitrogens is 5. The first-order valence-electron chi connectivity index (χ1n) is 10.5. The van der Waals surface area contributed by atoms with Gasteiger partial charge in [0.25, 0.3) is 11.5 Å². The molecule has 1 fully saturated rings. The molecule has 0 radical (unpaired) electrons. The number of para-hydroxylation sites is 1. The molecule has 8 nitrogen and oxygen atoms in total. The van der Waals surface area contributed by atoms with Gasteiger partial charge in [0.1, 0.15) is 0 Å². The second kappa shape index (κ2) is 8.14. The highest BCUT2D eigenvalue weighted by Gasteiger charge is 2.22. The van der Waals surface area contributed by atoms with E-state index in [9.17, 15) is 9.59 Å². The summed E-state index contributed by atoms with van der Waals surface area (Å²) in [6, 6.07) is 16.9. The molecule has 0 unspecified atom stereocenters. The van der Waals surface area contributed by atoms with Crippen molar-refractivity contribution in [1.29, 1.82) is 0 Å². The van der Waals surface area contributed by atoms with E-state index in [1.165, 1.54) is 11.0 Å². The molecular formula is C23H22N6O2. The van der Waals surface area contributed by atoms with Crippen molar-refractivity contribution in [3.8, 4) is 5.69 Å². The van der Waals surface area contributed by atoms with Gasteiger partial charge in [0.2, 0.25) is 0 Å². The molecule has 0 saturated heterocycles. The summed E-state index contributed by atoms with van der Waals surface area (Å²) < 4.78 is 1.61. The lowest BCUT2D eigenvalue weighted by Gasteiger charge is -2.16. The van der Waals surface area contributed by atoms with E-state index in [1.807, 2.05) is 54.6 Å². The van der Waals surface area contributed by atoms with Crippen LogP contribution in [0.2, 0.25) is 0 Å². The molecule has 0 aliphatic heterocycles. The van der Waals surface area contributed by atoms with Crippen LogP contribution in [-0.2, 0) is 6.54 Å². The van der Waals surface area contributed by atoms with Gasteiger partial charge in [-0.3, -0.25) is 9.59 Å². The van der Waals surface area contributed by atoms with E-state index in [-0.39, 0.29) is 29.7 Å². The molecule has 5 rings (SSSR count). The van der Waals surface area contributed by atoms with Gasteiger partial charge in [0.05, 0.1) is 35.6 Å². The maximum absolute atomic E-state index is 13.0. The molecule has 8 heteroatoms. The second-order valence-electron chi connectivity index (χ2n) is 7.72. The highest BCUT2D eigenvalue weighted by molar-refractivity contribution is 5.92. The molecule has 4 aromatic rings. The zero-order chi connectivity index (χ0) is 21.2. The number of nitrogens with one attached hydrogen (secondary N) is 1. The first-order chi connectivity index (χ1) is 15.2. The maximum atomic E-state index is 13.0. The number of fused-ring (bicyclic) bond motifs is 1. The molecule has 2 aromatic carbocycles. The van der Waals surface area contributed by atoms with E-state index in [4.69, 9.17) is 0 Å². The van der Waals surface area contributed by atoms with Crippen molar-refractivity contribution >= 4 is 16.7 Å². The number of carbonyl (C=O) groups is 1. The third kappa shape index (κ3) is 3.72. The van der Waals surface area contributed by atoms with Gasteiger partial charge in [0.15, 0.2) is 5.69 Å². The minimum absolute atomic E-state index is 0.0663. The van der Waals surface area contributed by atoms with Gasteiger partial charge in [0, 0.05) is 5.39 Å². The van der Waals surface area contributed by atoms with E-state index in [0.29, 0.717) is 11.1 Å². The minimum Gasteiger partial charge on any atom is -0.345 e. The van der Waals surface area contributed by atoms with Crippen LogP contribution in [0.5, 0.6) is 0 Å². The Morgan fingerprint density at radius 2 is 1.68 bits per heavy atom. The van der Waals surface area contributed by atoms with Gasteiger partial charge in [-0.1, -0.05) is 49.2 Å². The summed E-state index contributed by atoms with van der Waals surface area (Å²) in [5.41, 5.74) is 1.60. The third-order valence-corrected chi connectivity index (χ3v) is 5.70. The Labute approximate surface area is 178 Å². The number of hydrogen-bond acceptors (Lipinski definition) is 5. The van der Waals surface area contributed by atoms with Crippen LogP contribution < -0.4 is 10.9 Å². The average Bonchev–Trinajstić information content (AvgIpc) is 3.52. The third-order valence-electron chi connectivity index (χ3n) is 5.70. The van der Waals surface area contributed by atoms with Crippen molar-refractivity contribution < 1.29 is 4.79 Å². The van der Waals surface area contributed by atoms with Gasteiger partial charge in [-0.2, -0.15) is 15.0 Å². The number of carbonyl (C=O) groups excluding carboxylic acids is 1. The van der Waals surface area contributed by atoms with Crippen LogP contribution >= 0.6 is 0 Å². The van der Waals surface area contributed by atoms with Crippen molar-refractivity contribution in [2.75, 3.05) is 0 Å². The fraction of sp³-hybridized carbons (Fsp3) is 0.261. The van der Waals surface area contributed by atoms with E-state index in [1.54, 1.807) is 4.68 Å². The molecular weight excluding hydrogens is 392 g/mol. The Kier molecular flexibility index (Phi) is 5.03. The maximum Gasteiger partial charge on any atom is 0.274 e.